The van der Waals surface area contributed by atoms with Crippen LogP contribution in [0.3, 0.4) is 0 Å². The highest BCUT2D eigenvalue weighted by Crippen LogP contribution is 2.23. The summed E-state index contributed by atoms with van der Waals surface area (Å²) in [5.41, 5.74) is 1.43. The molecule has 1 aliphatic rings. The highest BCUT2D eigenvalue weighted by Gasteiger charge is 2.25. The van der Waals surface area contributed by atoms with E-state index in [0.29, 0.717) is 31.7 Å². The van der Waals surface area contributed by atoms with Crippen LogP contribution in [-0.2, 0) is 4.74 Å². The fourth-order valence-corrected chi connectivity index (χ4v) is 3.43. The number of anilines is 1. The Hall–Kier alpha value is -2.34. The zero-order valence-corrected chi connectivity index (χ0v) is 13.7. The fourth-order valence-electron chi connectivity index (χ4n) is 2.74. The SMILES string of the molecule is COC(=O)c1ccccc1N1CCN(C(=O)c2cccs2)CC1. The van der Waals surface area contributed by atoms with E-state index in [1.165, 1.54) is 18.4 Å². The summed E-state index contributed by atoms with van der Waals surface area (Å²) in [5.74, 6) is -0.251. The van der Waals surface area contributed by atoms with Crippen LogP contribution < -0.4 is 4.90 Å². The average Bonchev–Trinajstić information content (AvgIpc) is 3.15. The van der Waals surface area contributed by atoms with Gasteiger partial charge in [-0.1, -0.05) is 18.2 Å². The van der Waals surface area contributed by atoms with Crippen LogP contribution in [0.15, 0.2) is 41.8 Å². The monoisotopic (exact) mass is 330 g/mol. The number of thiophene rings is 1. The first-order valence-corrected chi connectivity index (χ1v) is 8.33. The Morgan fingerprint density at radius 3 is 2.43 bits per heavy atom. The van der Waals surface area contributed by atoms with E-state index in [9.17, 15) is 9.59 Å². The number of amides is 1. The smallest absolute Gasteiger partial charge is 0.339 e. The molecule has 0 unspecified atom stereocenters. The Kier molecular flexibility index (Phi) is 4.62. The number of methoxy groups -OCH3 is 1. The second-order valence-electron chi connectivity index (χ2n) is 5.27. The summed E-state index contributed by atoms with van der Waals surface area (Å²) in [6, 6.07) is 11.2. The molecule has 1 fully saturated rings. The van der Waals surface area contributed by atoms with Crippen LogP contribution in [0.1, 0.15) is 20.0 Å². The lowest BCUT2D eigenvalue weighted by Gasteiger charge is -2.36. The van der Waals surface area contributed by atoms with Gasteiger partial charge in [0.1, 0.15) is 0 Å². The van der Waals surface area contributed by atoms with Crippen LogP contribution in [0, 0.1) is 0 Å². The highest BCUT2D eigenvalue weighted by molar-refractivity contribution is 7.12. The predicted molar refractivity (Wildman–Crippen MR) is 90.2 cm³/mol. The number of para-hydroxylation sites is 1. The minimum Gasteiger partial charge on any atom is -0.465 e. The van der Waals surface area contributed by atoms with Gasteiger partial charge >= 0.3 is 5.97 Å². The first-order chi connectivity index (χ1) is 11.2. The molecule has 2 aromatic rings. The third kappa shape index (κ3) is 3.22. The van der Waals surface area contributed by atoms with Gasteiger partial charge in [0.05, 0.1) is 23.2 Å². The quantitative estimate of drug-likeness (QED) is 0.812. The molecule has 0 spiro atoms. The molecule has 0 aliphatic carbocycles. The number of piperazine rings is 1. The minimum atomic E-state index is -0.335. The van der Waals surface area contributed by atoms with Gasteiger partial charge in [0.2, 0.25) is 0 Å². The van der Waals surface area contributed by atoms with E-state index in [1.54, 1.807) is 6.07 Å². The summed E-state index contributed by atoms with van der Waals surface area (Å²) < 4.78 is 4.85. The number of benzene rings is 1. The maximum absolute atomic E-state index is 12.4. The molecule has 6 heteroatoms. The lowest BCUT2D eigenvalue weighted by atomic mass is 10.1. The van der Waals surface area contributed by atoms with Crippen LogP contribution in [0.2, 0.25) is 0 Å². The number of esters is 1. The zero-order valence-electron chi connectivity index (χ0n) is 12.9. The van der Waals surface area contributed by atoms with Crippen LogP contribution in [0.4, 0.5) is 5.69 Å². The lowest BCUT2D eigenvalue weighted by molar-refractivity contribution is 0.0600. The highest BCUT2D eigenvalue weighted by atomic mass is 32.1. The van der Waals surface area contributed by atoms with Crippen molar-refractivity contribution in [2.24, 2.45) is 0 Å². The van der Waals surface area contributed by atoms with Crippen molar-refractivity contribution >= 4 is 28.9 Å². The second-order valence-corrected chi connectivity index (χ2v) is 6.21. The van der Waals surface area contributed by atoms with E-state index < -0.39 is 0 Å². The third-order valence-electron chi connectivity index (χ3n) is 3.95. The molecule has 0 radical (unpaired) electrons. The topological polar surface area (TPSA) is 49.9 Å². The molecule has 1 saturated heterocycles. The number of rotatable bonds is 3. The number of hydrogen-bond acceptors (Lipinski definition) is 5. The molecule has 0 bridgehead atoms. The van der Waals surface area contributed by atoms with Gasteiger partial charge in [-0.2, -0.15) is 0 Å². The van der Waals surface area contributed by atoms with Crippen molar-refractivity contribution in [2.45, 2.75) is 0 Å². The predicted octanol–water partition coefficient (Wildman–Crippen LogP) is 2.50. The number of nitrogens with zero attached hydrogens (tertiary/aromatic N) is 2. The second kappa shape index (κ2) is 6.83. The fraction of sp³-hybridized carbons (Fsp3) is 0.294. The molecule has 0 atom stereocenters. The number of carbonyl (C=O) groups is 2. The first kappa shape index (κ1) is 15.6. The molecule has 1 aliphatic heterocycles. The van der Waals surface area contributed by atoms with Crippen molar-refractivity contribution in [3.05, 3.63) is 52.2 Å². The molecular weight excluding hydrogens is 312 g/mol. The van der Waals surface area contributed by atoms with E-state index in [1.807, 2.05) is 40.6 Å². The summed E-state index contributed by atoms with van der Waals surface area (Å²) in [6.45, 7) is 2.69. The van der Waals surface area contributed by atoms with E-state index in [4.69, 9.17) is 4.74 Å². The summed E-state index contributed by atoms with van der Waals surface area (Å²) in [4.78, 5) is 29.0. The molecule has 1 aromatic heterocycles. The number of hydrogen-bond donors (Lipinski definition) is 0. The standard InChI is InChI=1S/C17H18N2O3S/c1-22-17(21)13-5-2-3-6-14(13)18-8-10-19(11-9-18)16(20)15-7-4-12-23-15/h2-7,12H,8-11H2,1H3. The Labute approximate surface area is 139 Å². The van der Waals surface area contributed by atoms with Crippen molar-refractivity contribution in [2.75, 3.05) is 38.2 Å². The van der Waals surface area contributed by atoms with Crippen molar-refractivity contribution in [3.8, 4) is 0 Å². The third-order valence-corrected chi connectivity index (χ3v) is 4.81. The molecule has 0 N–H and O–H groups in total. The van der Waals surface area contributed by atoms with Crippen molar-refractivity contribution in [1.29, 1.82) is 0 Å². The molecule has 120 valence electrons. The van der Waals surface area contributed by atoms with Crippen molar-refractivity contribution < 1.29 is 14.3 Å². The number of carbonyl (C=O) groups excluding carboxylic acids is 2. The van der Waals surface area contributed by atoms with E-state index in [0.717, 1.165) is 10.6 Å². The van der Waals surface area contributed by atoms with Gasteiger partial charge in [-0.05, 0) is 23.6 Å². The molecule has 1 aromatic carbocycles. The van der Waals surface area contributed by atoms with Gasteiger partial charge in [-0.3, -0.25) is 4.79 Å². The molecule has 1 amide bonds. The van der Waals surface area contributed by atoms with Gasteiger partial charge in [0, 0.05) is 26.2 Å². The summed E-state index contributed by atoms with van der Waals surface area (Å²) in [7, 11) is 1.39. The molecule has 23 heavy (non-hydrogen) atoms. The molecule has 0 saturated carbocycles. The minimum absolute atomic E-state index is 0.0842. The van der Waals surface area contributed by atoms with Crippen molar-refractivity contribution in [3.63, 3.8) is 0 Å². The Morgan fingerprint density at radius 1 is 1.04 bits per heavy atom. The Balaban J connectivity index is 1.70. The van der Waals surface area contributed by atoms with Crippen LogP contribution in [0.5, 0.6) is 0 Å². The summed E-state index contributed by atoms with van der Waals surface area (Å²) in [5, 5.41) is 1.91. The summed E-state index contributed by atoms with van der Waals surface area (Å²) >= 11 is 1.47. The normalized spacial score (nSPS) is 14.7. The molecule has 5 nitrogen and oxygen atoms in total. The average molecular weight is 330 g/mol. The molecular formula is C17H18N2O3S. The largest absolute Gasteiger partial charge is 0.465 e. The van der Waals surface area contributed by atoms with Gasteiger partial charge in [0.25, 0.3) is 5.91 Å². The Morgan fingerprint density at radius 2 is 1.78 bits per heavy atom. The van der Waals surface area contributed by atoms with E-state index >= 15 is 0 Å². The lowest BCUT2D eigenvalue weighted by Crippen LogP contribution is -2.49. The van der Waals surface area contributed by atoms with Crippen LogP contribution in [-0.4, -0.2) is 50.1 Å². The first-order valence-electron chi connectivity index (χ1n) is 7.46. The number of ether oxygens (including phenoxy) is 1. The van der Waals surface area contributed by atoms with Gasteiger partial charge in [0.15, 0.2) is 0 Å². The van der Waals surface area contributed by atoms with Crippen molar-refractivity contribution in [1.82, 2.24) is 4.90 Å². The van der Waals surface area contributed by atoms with Crippen LogP contribution >= 0.6 is 11.3 Å². The molecule has 3 rings (SSSR count). The van der Waals surface area contributed by atoms with Gasteiger partial charge in [-0.15, -0.1) is 11.3 Å². The summed E-state index contributed by atoms with van der Waals surface area (Å²) in [6.07, 6.45) is 0. The van der Waals surface area contributed by atoms with Gasteiger partial charge < -0.3 is 14.5 Å². The Bertz CT molecular complexity index is 692. The van der Waals surface area contributed by atoms with E-state index in [2.05, 4.69) is 4.90 Å². The van der Waals surface area contributed by atoms with E-state index in [-0.39, 0.29) is 11.9 Å². The van der Waals surface area contributed by atoms with Gasteiger partial charge in [-0.25, -0.2) is 4.79 Å². The maximum atomic E-state index is 12.4. The van der Waals surface area contributed by atoms with Crippen LogP contribution in [0.25, 0.3) is 0 Å². The molecule has 2 heterocycles. The zero-order chi connectivity index (χ0) is 16.2. The maximum Gasteiger partial charge on any atom is 0.339 e.